The minimum absolute atomic E-state index is 0.00646. The summed E-state index contributed by atoms with van der Waals surface area (Å²) in [4.78, 5) is 14.1. The molecule has 0 saturated carbocycles. The fourth-order valence-corrected chi connectivity index (χ4v) is 2.88. The van der Waals surface area contributed by atoms with E-state index in [4.69, 9.17) is 9.47 Å². The Hall–Kier alpha value is -1.41. The molecule has 2 atom stereocenters. The van der Waals surface area contributed by atoms with Gasteiger partial charge in [-0.25, -0.2) is 4.79 Å². The molecule has 1 aliphatic rings. The van der Waals surface area contributed by atoms with E-state index in [0.717, 1.165) is 11.4 Å². The lowest BCUT2D eigenvalue weighted by Gasteiger charge is -2.37. The van der Waals surface area contributed by atoms with Crippen molar-refractivity contribution in [2.45, 2.75) is 51.8 Å². The minimum Gasteiger partial charge on any atom is -0.444 e. The lowest BCUT2D eigenvalue weighted by molar-refractivity contribution is -0.0345. The maximum absolute atomic E-state index is 12.3. The molecule has 8 heteroatoms. The molecule has 1 amide bonds. The minimum atomic E-state index is -0.488. The van der Waals surface area contributed by atoms with Crippen molar-refractivity contribution in [2.75, 3.05) is 25.1 Å². The van der Waals surface area contributed by atoms with Crippen LogP contribution in [0.3, 0.4) is 0 Å². The monoisotopic (exact) mass is 328 g/mol. The molecule has 2 rings (SSSR count). The first-order valence-corrected chi connectivity index (χ1v) is 8.24. The molecular weight excluding hydrogens is 304 g/mol. The Balaban J connectivity index is 1.92. The summed E-state index contributed by atoms with van der Waals surface area (Å²) in [5.74, 6) is 0. The summed E-state index contributed by atoms with van der Waals surface area (Å²) in [5.41, 5.74) is -0.488. The highest BCUT2D eigenvalue weighted by atomic mass is 32.1. The molecule has 1 aromatic rings. The number of hydrogen-bond acceptors (Lipinski definition) is 7. The van der Waals surface area contributed by atoms with Crippen molar-refractivity contribution in [3.63, 3.8) is 0 Å². The molecule has 1 fully saturated rings. The number of aromatic nitrogens is 2. The van der Waals surface area contributed by atoms with Gasteiger partial charge in [0.25, 0.3) is 0 Å². The second-order valence-corrected chi connectivity index (χ2v) is 7.25. The van der Waals surface area contributed by atoms with E-state index in [0.29, 0.717) is 19.8 Å². The van der Waals surface area contributed by atoms with Crippen molar-refractivity contribution >= 4 is 22.6 Å². The number of amides is 1. The lowest BCUT2D eigenvalue weighted by Crippen LogP contribution is -2.51. The number of anilines is 1. The number of ether oxygens (including phenoxy) is 2. The molecule has 1 N–H and O–H groups in total. The highest BCUT2D eigenvalue weighted by molar-refractivity contribution is 7.09. The summed E-state index contributed by atoms with van der Waals surface area (Å²) < 4.78 is 14.8. The Labute approximate surface area is 135 Å². The average molecular weight is 328 g/mol. The maximum Gasteiger partial charge on any atom is 0.410 e. The van der Waals surface area contributed by atoms with Crippen molar-refractivity contribution < 1.29 is 14.3 Å². The smallest absolute Gasteiger partial charge is 0.410 e. The first-order valence-electron chi connectivity index (χ1n) is 7.46. The zero-order valence-electron chi connectivity index (χ0n) is 13.5. The zero-order valence-corrected chi connectivity index (χ0v) is 14.4. The van der Waals surface area contributed by atoms with Gasteiger partial charge in [-0.15, -0.1) is 5.10 Å². The summed E-state index contributed by atoms with van der Waals surface area (Å²) in [7, 11) is 0. The molecule has 1 saturated heterocycles. The van der Waals surface area contributed by atoms with Crippen LogP contribution in [0.25, 0.3) is 0 Å². The van der Waals surface area contributed by atoms with Crippen molar-refractivity contribution in [3.8, 4) is 0 Å². The first kappa shape index (κ1) is 17.0. The van der Waals surface area contributed by atoms with E-state index < -0.39 is 5.60 Å². The van der Waals surface area contributed by atoms with Gasteiger partial charge in [0.05, 0.1) is 25.5 Å². The SMILES string of the molecule is CC(CC1COCCN1C(=O)OC(C)(C)C)Nc1cnns1. The molecule has 124 valence electrons. The third-order valence-electron chi connectivity index (χ3n) is 3.23. The van der Waals surface area contributed by atoms with Gasteiger partial charge in [-0.2, -0.15) is 0 Å². The molecule has 2 unspecified atom stereocenters. The van der Waals surface area contributed by atoms with E-state index in [1.807, 2.05) is 20.8 Å². The molecule has 1 aliphatic heterocycles. The quantitative estimate of drug-likeness (QED) is 0.914. The normalized spacial score (nSPS) is 20.5. The maximum atomic E-state index is 12.3. The second-order valence-electron chi connectivity index (χ2n) is 6.47. The third-order valence-corrected chi connectivity index (χ3v) is 3.83. The van der Waals surface area contributed by atoms with Crippen LogP contribution in [0.4, 0.5) is 9.80 Å². The number of rotatable bonds is 4. The van der Waals surface area contributed by atoms with Crippen molar-refractivity contribution in [2.24, 2.45) is 0 Å². The number of hydrogen-bond donors (Lipinski definition) is 1. The van der Waals surface area contributed by atoms with Gasteiger partial charge in [0.15, 0.2) is 0 Å². The number of nitrogens with zero attached hydrogens (tertiary/aromatic N) is 3. The van der Waals surface area contributed by atoms with Crippen LogP contribution < -0.4 is 5.32 Å². The average Bonchev–Trinajstić information content (AvgIpc) is 2.90. The molecular formula is C14H24N4O3S. The predicted molar refractivity (Wildman–Crippen MR) is 85.2 cm³/mol. The Bertz CT molecular complexity index is 475. The van der Waals surface area contributed by atoms with Crippen molar-refractivity contribution in [1.82, 2.24) is 14.5 Å². The molecule has 1 aromatic heterocycles. The highest BCUT2D eigenvalue weighted by Gasteiger charge is 2.31. The highest BCUT2D eigenvalue weighted by Crippen LogP contribution is 2.19. The number of nitrogens with one attached hydrogen (secondary N) is 1. The van der Waals surface area contributed by atoms with E-state index in [9.17, 15) is 4.79 Å². The molecule has 0 aliphatic carbocycles. The van der Waals surface area contributed by atoms with E-state index in [-0.39, 0.29) is 18.2 Å². The molecule has 22 heavy (non-hydrogen) atoms. The van der Waals surface area contributed by atoms with Gasteiger partial charge < -0.3 is 19.7 Å². The molecule has 2 heterocycles. The fourth-order valence-electron chi connectivity index (χ4n) is 2.35. The van der Waals surface area contributed by atoms with E-state index in [1.165, 1.54) is 11.5 Å². The Morgan fingerprint density at radius 3 is 3.05 bits per heavy atom. The topological polar surface area (TPSA) is 76.6 Å². The van der Waals surface area contributed by atoms with Crippen molar-refractivity contribution in [3.05, 3.63) is 6.20 Å². The molecule has 0 aromatic carbocycles. The van der Waals surface area contributed by atoms with Crippen LogP contribution in [-0.4, -0.2) is 58.0 Å². The second kappa shape index (κ2) is 7.23. The van der Waals surface area contributed by atoms with Gasteiger partial charge in [0, 0.05) is 24.1 Å². The van der Waals surface area contributed by atoms with Gasteiger partial charge in [-0.05, 0) is 34.1 Å². The summed E-state index contributed by atoms with van der Waals surface area (Å²) in [6.45, 7) is 9.35. The van der Waals surface area contributed by atoms with Crippen LogP contribution in [-0.2, 0) is 9.47 Å². The van der Waals surface area contributed by atoms with Gasteiger partial charge in [0.2, 0.25) is 0 Å². The summed E-state index contributed by atoms with van der Waals surface area (Å²) >= 11 is 1.32. The molecule has 0 bridgehead atoms. The lowest BCUT2D eigenvalue weighted by atomic mass is 10.1. The largest absolute Gasteiger partial charge is 0.444 e. The number of carbonyl (C=O) groups is 1. The van der Waals surface area contributed by atoms with Gasteiger partial charge in [-0.1, -0.05) is 4.49 Å². The van der Waals surface area contributed by atoms with Crippen LogP contribution in [0.1, 0.15) is 34.1 Å². The first-order chi connectivity index (χ1) is 10.3. The summed E-state index contributed by atoms with van der Waals surface area (Å²) in [5, 5.41) is 8.06. The van der Waals surface area contributed by atoms with Gasteiger partial charge in [-0.3, -0.25) is 0 Å². The molecule has 0 spiro atoms. The standard InChI is InChI=1S/C14H24N4O3S/c1-10(16-12-8-15-17-22-12)7-11-9-20-6-5-18(11)13(19)21-14(2,3)4/h8,10-11,16H,5-7,9H2,1-4H3. The van der Waals surface area contributed by atoms with Crippen molar-refractivity contribution in [1.29, 1.82) is 0 Å². The van der Waals surface area contributed by atoms with E-state index >= 15 is 0 Å². The van der Waals surface area contributed by atoms with Crippen LogP contribution in [0, 0.1) is 0 Å². The van der Waals surface area contributed by atoms with Crippen LogP contribution in [0.15, 0.2) is 6.20 Å². The Kier molecular flexibility index (Phi) is 5.57. The fraction of sp³-hybridized carbons (Fsp3) is 0.786. The number of morpholine rings is 1. The third kappa shape index (κ3) is 5.10. The van der Waals surface area contributed by atoms with Crippen LogP contribution in [0.5, 0.6) is 0 Å². The Morgan fingerprint density at radius 1 is 1.64 bits per heavy atom. The van der Waals surface area contributed by atoms with E-state index in [1.54, 1.807) is 11.1 Å². The van der Waals surface area contributed by atoms with Gasteiger partial charge in [0.1, 0.15) is 10.6 Å². The van der Waals surface area contributed by atoms with Crippen LogP contribution in [0.2, 0.25) is 0 Å². The van der Waals surface area contributed by atoms with E-state index in [2.05, 4.69) is 21.8 Å². The molecule has 0 radical (unpaired) electrons. The molecule has 7 nitrogen and oxygen atoms in total. The summed E-state index contributed by atoms with van der Waals surface area (Å²) in [6, 6.07) is 0.186. The van der Waals surface area contributed by atoms with Crippen LogP contribution >= 0.6 is 11.5 Å². The zero-order chi connectivity index (χ0) is 16.2. The Morgan fingerprint density at radius 2 is 2.41 bits per heavy atom. The predicted octanol–water partition coefficient (Wildman–Crippen LogP) is 2.36. The number of carbonyl (C=O) groups excluding carboxylic acids is 1. The summed E-state index contributed by atoms with van der Waals surface area (Å²) in [6.07, 6.45) is 2.20. The van der Waals surface area contributed by atoms with Gasteiger partial charge >= 0.3 is 6.09 Å².